The van der Waals surface area contributed by atoms with Gasteiger partial charge in [-0.25, -0.2) is 10.9 Å². The van der Waals surface area contributed by atoms with E-state index in [0.29, 0.717) is 6.04 Å². The Hall–Kier alpha value is -1.55. The number of hydrogen-bond donors (Lipinski definition) is 3. The van der Waals surface area contributed by atoms with Crippen molar-refractivity contribution in [2.24, 2.45) is 0 Å². The fraction of sp³-hybridized carbons (Fsp3) is 0.200. The molecule has 0 bridgehead atoms. The lowest BCUT2D eigenvalue weighted by Gasteiger charge is -2.10. The number of hydrogen-bond acceptors (Lipinski definition) is 3. The monoisotopic (exact) mass is 273 g/mol. The van der Waals surface area contributed by atoms with Crippen LogP contribution in [0.1, 0.15) is 29.6 Å². The maximum absolute atomic E-state index is 5.91. The second-order valence-electron chi connectivity index (χ2n) is 4.85. The number of benzene rings is 2. The maximum atomic E-state index is 5.91. The van der Waals surface area contributed by atoms with Crippen molar-refractivity contribution in [3.05, 3.63) is 64.7 Å². The summed E-state index contributed by atoms with van der Waals surface area (Å²) in [7, 11) is 0. The first-order valence-electron chi connectivity index (χ1n) is 6.34. The van der Waals surface area contributed by atoms with Crippen LogP contribution < -0.4 is 16.6 Å². The number of halogens is 1. The van der Waals surface area contributed by atoms with E-state index in [0.717, 1.165) is 17.1 Å². The van der Waals surface area contributed by atoms with Crippen molar-refractivity contribution in [2.75, 3.05) is 5.73 Å². The summed E-state index contributed by atoms with van der Waals surface area (Å²) in [6, 6.07) is 16.5. The smallest absolute Gasteiger partial charge is 0.0482 e. The summed E-state index contributed by atoms with van der Waals surface area (Å²) < 4.78 is 0. The van der Waals surface area contributed by atoms with Gasteiger partial charge in [0.15, 0.2) is 0 Å². The summed E-state index contributed by atoms with van der Waals surface area (Å²) in [5.41, 5.74) is 15.7. The molecular formula is C15H16ClN3. The molecule has 3 nitrogen and oxygen atoms in total. The molecule has 1 saturated heterocycles. The van der Waals surface area contributed by atoms with E-state index >= 15 is 0 Å². The summed E-state index contributed by atoms with van der Waals surface area (Å²) in [6.45, 7) is 0. The van der Waals surface area contributed by atoms with Crippen LogP contribution in [0.5, 0.6) is 0 Å². The van der Waals surface area contributed by atoms with E-state index in [9.17, 15) is 0 Å². The van der Waals surface area contributed by atoms with Crippen LogP contribution in [0.3, 0.4) is 0 Å². The molecule has 0 radical (unpaired) electrons. The van der Waals surface area contributed by atoms with Gasteiger partial charge in [0.25, 0.3) is 0 Å². The van der Waals surface area contributed by atoms with Gasteiger partial charge in [-0.3, -0.25) is 0 Å². The summed E-state index contributed by atoms with van der Waals surface area (Å²) in [4.78, 5) is 0. The molecule has 1 fully saturated rings. The molecule has 2 atom stereocenters. The fourth-order valence-electron chi connectivity index (χ4n) is 2.46. The normalized spacial score (nSPS) is 22.6. The largest absolute Gasteiger partial charge is 0.399 e. The van der Waals surface area contributed by atoms with Gasteiger partial charge in [-0.15, -0.1) is 0 Å². The Kier molecular flexibility index (Phi) is 3.42. The Morgan fingerprint density at radius 3 is 2.32 bits per heavy atom. The minimum Gasteiger partial charge on any atom is -0.399 e. The second-order valence-corrected chi connectivity index (χ2v) is 5.29. The highest BCUT2D eigenvalue weighted by Crippen LogP contribution is 2.31. The zero-order chi connectivity index (χ0) is 13.2. The third kappa shape index (κ3) is 2.73. The van der Waals surface area contributed by atoms with E-state index in [2.05, 4.69) is 29.1 Å². The fourth-order valence-corrected chi connectivity index (χ4v) is 2.59. The minimum absolute atomic E-state index is 0.282. The minimum atomic E-state index is 0.282. The molecule has 0 amide bonds. The highest BCUT2D eigenvalue weighted by atomic mass is 35.5. The van der Waals surface area contributed by atoms with Crippen LogP contribution >= 0.6 is 11.6 Å². The van der Waals surface area contributed by atoms with Gasteiger partial charge in [0, 0.05) is 22.8 Å². The maximum Gasteiger partial charge on any atom is 0.0482 e. The van der Waals surface area contributed by atoms with E-state index in [1.54, 1.807) is 0 Å². The lowest BCUT2D eigenvalue weighted by molar-refractivity contribution is 0.555. The second kappa shape index (κ2) is 5.21. The van der Waals surface area contributed by atoms with Crippen LogP contribution in [0.15, 0.2) is 48.5 Å². The highest BCUT2D eigenvalue weighted by Gasteiger charge is 2.25. The Bertz CT molecular complexity index is 568. The lowest BCUT2D eigenvalue weighted by Crippen LogP contribution is -2.26. The average Bonchev–Trinajstić information content (AvgIpc) is 2.89. The summed E-state index contributed by atoms with van der Waals surface area (Å²) >= 11 is 5.91. The van der Waals surface area contributed by atoms with Crippen LogP contribution in [0.25, 0.3) is 0 Å². The van der Waals surface area contributed by atoms with E-state index in [4.69, 9.17) is 17.3 Å². The van der Waals surface area contributed by atoms with Crippen LogP contribution in [0.2, 0.25) is 5.02 Å². The summed E-state index contributed by atoms with van der Waals surface area (Å²) in [5.74, 6) is 0. The van der Waals surface area contributed by atoms with Gasteiger partial charge < -0.3 is 5.73 Å². The molecular weight excluding hydrogens is 258 g/mol. The molecule has 0 aromatic heterocycles. The van der Waals surface area contributed by atoms with Gasteiger partial charge in [0.05, 0.1) is 0 Å². The number of anilines is 1. The number of nitrogens with one attached hydrogen (secondary N) is 2. The number of nitrogens with two attached hydrogens (primary N) is 1. The van der Waals surface area contributed by atoms with Crippen molar-refractivity contribution in [2.45, 2.75) is 18.5 Å². The topological polar surface area (TPSA) is 50.1 Å². The van der Waals surface area contributed by atoms with Crippen molar-refractivity contribution >= 4 is 17.3 Å². The van der Waals surface area contributed by atoms with Gasteiger partial charge in [-0.1, -0.05) is 35.9 Å². The Balaban J connectivity index is 1.75. The van der Waals surface area contributed by atoms with E-state index in [-0.39, 0.29) is 6.04 Å². The first kappa shape index (κ1) is 12.5. The lowest BCUT2D eigenvalue weighted by atomic mass is 9.97. The summed E-state index contributed by atoms with van der Waals surface area (Å²) in [5, 5.41) is 0.766. The third-order valence-electron chi connectivity index (χ3n) is 3.49. The zero-order valence-electron chi connectivity index (χ0n) is 10.4. The molecule has 0 spiro atoms. The first-order chi connectivity index (χ1) is 9.22. The predicted molar refractivity (Wildman–Crippen MR) is 78.7 cm³/mol. The molecule has 4 heteroatoms. The van der Waals surface area contributed by atoms with Gasteiger partial charge in [0.1, 0.15) is 0 Å². The molecule has 19 heavy (non-hydrogen) atoms. The quantitative estimate of drug-likeness (QED) is 0.737. The number of rotatable bonds is 2. The van der Waals surface area contributed by atoms with Crippen molar-refractivity contribution in [3.63, 3.8) is 0 Å². The predicted octanol–water partition coefficient (Wildman–Crippen LogP) is 3.20. The molecule has 1 aliphatic heterocycles. The van der Waals surface area contributed by atoms with Gasteiger partial charge >= 0.3 is 0 Å². The molecule has 2 unspecified atom stereocenters. The molecule has 1 heterocycles. The van der Waals surface area contributed by atoms with Crippen molar-refractivity contribution < 1.29 is 0 Å². The van der Waals surface area contributed by atoms with Gasteiger partial charge in [-0.05, 0) is 41.8 Å². The van der Waals surface area contributed by atoms with Gasteiger partial charge in [0.2, 0.25) is 0 Å². The number of hydrazine groups is 1. The molecule has 98 valence electrons. The van der Waals surface area contributed by atoms with Crippen molar-refractivity contribution in [1.82, 2.24) is 10.9 Å². The Morgan fingerprint density at radius 1 is 0.947 bits per heavy atom. The molecule has 1 aliphatic rings. The Morgan fingerprint density at radius 2 is 1.63 bits per heavy atom. The third-order valence-corrected chi connectivity index (χ3v) is 3.74. The molecule has 3 rings (SSSR count). The SMILES string of the molecule is Nc1cccc(C2CC(c3ccc(Cl)cc3)NN2)c1. The van der Waals surface area contributed by atoms with Crippen LogP contribution in [-0.4, -0.2) is 0 Å². The number of nitrogen functional groups attached to an aromatic ring is 1. The van der Waals surface area contributed by atoms with Crippen molar-refractivity contribution in [3.8, 4) is 0 Å². The van der Waals surface area contributed by atoms with Crippen LogP contribution in [-0.2, 0) is 0 Å². The van der Waals surface area contributed by atoms with E-state index in [1.165, 1.54) is 11.1 Å². The van der Waals surface area contributed by atoms with Crippen LogP contribution in [0, 0.1) is 0 Å². The van der Waals surface area contributed by atoms with E-state index < -0.39 is 0 Å². The van der Waals surface area contributed by atoms with E-state index in [1.807, 2.05) is 30.3 Å². The van der Waals surface area contributed by atoms with Crippen LogP contribution in [0.4, 0.5) is 5.69 Å². The molecule has 2 aromatic rings. The van der Waals surface area contributed by atoms with Gasteiger partial charge in [-0.2, -0.15) is 0 Å². The first-order valence-corrected chi connectivity index (χ1v) is 6.72. The highest BCUT2D eigenvalue weighted by molar-refractivity contribution is 6.30. The molecule has 4 N–H and O–H groups in total. The molecule has 0 saturated carbocycles. The Labute approximate surface area is 117 Å². The standard InChI is InChI=1S/C15H16ClN3/c16-12-6-4-10(5-7-12)14-9-15(19-18-14)11-2-1-3-13(17)8-11/h1-8,14-15,18-19H,9,17H2. The molecule has 0 aliphatic carbocycles. The average molecular weight is 274 g/mol. The zero-order valence-corrected chi connectivity index (χ0v) is 11.2. The molecule has 2 aromatic carbocycles. The summed E-state index contributed by atoms with van der Waals surface area (Å²) in [6.07, 6.45) is 0.991. The van der Waals surface area contributed by atoms with Crippen molar-refractivity contribution in [1.29, 1.82) is 0 Å².